The Bertz CT molecular complexity index is 450. The highest BCUT2D eigenvalue weighted by Crippen LogP contribution is 2.21. The Labute approximate surface area is 112 Å². The van der Waals surface area contributed by atoms with Gasteiger partial charge in [0.25, 0.3) is 0 Å². The van der Waals surface area contributed by atoms with Gasteiger partial charge in [0.1, 0.15) is 12.0 Å². The molecule has 0 spiro atoms. The summed E-state index contributed by atoms with van der Waals surface area (Å²) in [5.41, 5.74) is 5.75. The SMILES string of the molecule is CC1N=C(N)NC(C(C)C(C)Cc2cccs2)=N1. The Kier molecular flexibility index (Phi) is 4.01. The second-order valence-corrected chi connectivity index (χ2v) is 5.87. The van der Waals surface area contributed by atoms with Crippen LogP contribution in [-0.2, 0) is 6.42 Å². The van der Waals surface area contributed by atoms with Crippen LogP contribution in [0.5, 0.6) is 0 Å². The van der Waals surface area contributed by atoms with Gasteiger partial charge in [0.05, 0.1) is 0 Å². The summed E-state index contributed by atoms with van der Waals surface area (Å²) in [7, 11) is 0. The van der Waals surface area contributed by atoms with E-state index < -0.39 is 0 Å². The van der Waals surface area contributed by atoms with Gasteiger partial charge in [-0.25, -0.2) is 9.98 Å². The van der Waals surface area contributed by atoms with Gasteiger partial charge < -0.3 is 11.1 Å². The summed E-state index contributed by atoms with van der Waals surface area (Å²) in [5, 5.41) is 5.21. The normalized spacial score (nSPS) is 22.7. The minimum atomic E-state index is -0.0716. The van der Waals surface area contributed by atoms with Gasteiger partial charge in [0.2, 0.25) is 0 Å². The lowest BCUT2D eigenvalue weighted by atomic mass is 9.91. The molecule has 0 radical (unpaired) electrons. The molecular formula is C13H20N4S. The third kappa shape index (κ3) is 3.10. The Morgan fingerprint density at radius 3 is 2.83 bits per heavy atom. The highest BCUT2D eigenvalue weighted by molar-refractivity contribution is 7.09. The number of thiophene rings is 1. The van der Waals surface area contributed by atoms with Crippen molar-refractivity contribution in [1.82, 2.24) is 5.32 Å². The molecule has 2 rings (SSSR count). The minimum Gasteiger partial charge on any atom is -0.370 e. The molecule has 4 nitrogen and oxygen atoms in total. The van der Waals surface area contributed by atoms with E-state index in [9.17, 15) is 0 Å². The van der Waals surface area contributed by atoms with E-state index >= 15 is 0 Å². The van der Waals surface area contributed by atoms with Gasteiger partial charge in [-0.3, -0.25) is 0 Å². The maximum Gasteiger partial charge on any atom is 0.196 e. The van der Waals surface area contributed by atoms with Gasteiger partial charge in [0, 0.05) is 10.8 Å². The van der Waals surface area contributed by atoms with Crippen LogP contribution in [0.2, 0.25) is 0 Å². The number of nitrogens with zero attached hydrogens (tertiary/aromatic N) is 2. The summed E-state index contributed by atoms with van der Waals surface area (Å²) in [4.78, 5) is 10.1. The van der Waals surface area contributed by atoms with E-state index in [0.717, 1.165) is 12.3 Å². The molecule has 1 aliphatic rings. The zero-order valence-corrected chi connectivity index (χ0v) is 11.9. The standard InChI is InChI=1S/C13H20N4S/c1-8(7-11-5-4-6-18-11)9(2)12-15-10(3)16-13(14)17-12/h4-6,8-10H,7H2,1-3H3,(H3,14,15,16,17). The number of hydrogen-bond acceptors (Lipinski definition) is 5. The highest BCUT2D eigenvalue weighted by atomic mass is 32.1. The third-order valence-corrected chi connectivity index (χ3v) is 4.19. The molecule has 1 aromatic heterocycles. The zero-order valence-electron chi connectivity index (χ0n) is 11.1. The largest absolute Gasteiger partial charge is 0.370 e. The van der Waals surface area contributed by atoms with E-state index in [2.05, 4.69) is 46.7 Å². The number of guanidine groups is 1. The maximum atomic E-state index is 5.75. The molecule has 3 unspecified atom stereocenters. The fraction of sp³-hybridized carbons (Fsp3) is 0.538. The van der Waals surface area contributed by atoms with Crippen LogP contribution in [0.4, 0.5) is 0 Å². The van der Waals surface area contributed by atoms with E-state index in [-0.39, 0.29) is 6.17 Å². The van der Waals surface area contributed by atoms with Crippen molar-refractivity contribution in [3.8, 4) is 0 Å². The second kappa shape index (κ2) is 5.52. The molecule has 2 heterocycles. The van der Waals surface area contributed by atoms with Crippen molar-refractivity contribution in [3.05, 3.63) is 22.4 Å². The number of aliphatic imine (C=N–C) groups is 2. The molecular weight excluding hydrogens is 244 g/mol. The van der Waals surface area contributed by atoms with Crippen molar-refractivity contribution < 1.29 is 0 Å². The van der Waals surface area contributed by atoms with Crippen molar-refractivity contribution >= 4 is 23.1 Å². The zero-order chi connectivity index (χ0) is 13.1. The first-order chi connectivity index (χ1) is 8.56. The molecule has 0 bridgehead atoms. The maximum absolute atomic E-state index is 5.75. The van der Waals surface area contributed by atoms with Crippen LogP contribution in [0.25, 0.3) is 0 Å². The second-order valence-electron chi connectivity index (χ2n) is 4.83. The van der Waals surface area contributed by atoms with Crippen molar-refractivity contribution in [2.45, 2.75) is 33.4 Å². The first kappa shape index (κ1) is 13.1. The molecule has 1 aromatic rings. The summed E-state index contributed by atoms with van der Waals surface area (Å²) in [6.45, 7) is 6.39. The topological polar surface area (TPSA) is 62.8 Å². The van der Waals surface area contributed by atoms with Crippen LogP contribution in [0, 0.1) is 11.8 Å². The molecule has 0 aliphatic carbocycles. The average Bonchev–Trinajstić information content (AvgIpc) is 2.79. The Hall–Kier alpha value is -1.36. The molecule has 0 saturated carbocycles. The van der Waals surface area contributed by atoms with Gasteiger partial charge in [0.15, 0.2) is 5.96 Å². The van der Waals surface area contributed by atoms with Gasteiger partial charge in [-0.2, -0.15) is 0 Å². The van der Waals surface area contributed by atoms with Crippen molar-refractivity contribution in [2.24, 2.45) is 27.6 Å². The predicted octanol–water partition coefficient (Wildman–Crippen LogP) is 2.23. The fourth-order valence-corrected chi connectivity index (χ4v) is 2.90. The van der Waals surface area contributed by atoms with Crippen LogP contribution in [0.1, 0.15) is 25.6 Å². The quantitative estimate of drug-likeness (QED) is 0.876. The van der Waals surface area contributed by atoms with Crippen LogP contribution in [0.15, 0.2) is 27.5 Å². The Morgan fingerprint density at radius 2 is 2.22 bits per heavy atom. The van der Waals surface area contributed by atoms with Crippen molar-refractivity contribution in [3.63, 3.8) is 0 Å². The lowest BCUT2D eigenvalue weighted by Gasteiger charge is -2.25. The molecule has 0 fully saturated rings. The summed E-state index contributed by atoms with van der Waals surface area (Å²) >= 11 is 1.81. The molecule has 5 heteroatoms. The van der Waals surface area contributed by atoms with Crippen molar-refractivity contribution in [1.29, 1.82) is 0 Å². The Morgan fingerprint density at radius 1 is 1.44 bits per heavy atom. The molecule has 18 heavy (non-hydrogen) atoms. The Balaban J connectivity index is 2.00. The first-order valence-corrected chi connectivity index (χ1v) is 7.14. The van der Waals surface area contributed by atoms with Gasteiger partial charge >= 0.3 is 0 Å². The third-order valence-electron chi connectivity index (χ3n) is 3.30. The summed E-state index contributed by atoms with van der Waals surface area (Å²) < 4.78 is 0. The number of nitrogens with one attached hydrogen (secondary N) is 1. The van der Waals surface area contributed by atoms with E-state index in [0.29, 0.717) is 17.8 Å². The molecule has 3 N–H and O–H groups in total. The minimum absolute atomic E-state index is 0.0716. The van der Waals surface area contributed by atoms with Gasteiger partial charge in [-0.05, 0) is 30.7 Å². The summed E-state index contributed by atoms with van der Waals surface area (Å²) in [6, 6.07) is 4.28. The number of amidine groups is 1. The van der Waals surface area contributed by atoms with Gasteiger partial charge in [-0.1, -0.05) is 19.9 Å². The van der Waals surface area contributed by atoms with Crippen LogP contribution in [-0.4, -0.2) is 18.0 Å². The first-order valence-electron chi connectivity index (χ1n) is 6.26. The number of rotatable bonds is 4. The molecule has 0 amide bonds. The van der Waals surface area contributed by atoms with E-state index in [1.54, 1.807) is 0 Å². The average molecular weight is 264 g/mol. The number of hydrogen-bond donors (Lipinski definition) is 2. The lowest BCUT2D eigenvalue weighted by molar-refractivity contribution is 0.474. The monoisotopic (exact) mass is 264 g/mol. The van der Waals surface area contributed by atoms with Crippen LogP contribution >= 0.6 is 11.3 Å². The van der Waals surface area contributed by atoms with Crippen molar-refractivity contribution in [2.75, 3.05) is 0 Å². The van der Waals surface area contributed by atoms with Crippen LogP contribution in [0.3, 0.4) is 0 Å². The summed E-state index contributed by atoms with van der Waals surface area (Å²) in [6.07, 6.45) is 1.00. The smallest absolute Gasteiger partial charge is 0.196 e. The molecule has 0 saturated heterocycles. The predicted molar refractivity (Wildman–Crippen MR) is 78.0 cm³/mol. The lowest BCUT2D eigenvalue weighted by Crippen LogP contribution is -2.45. The highest BCUT2D eigenvalue weighted by Gasteiger charge is 2.22. The van der Waals surface area contributed by atoms with E-state index in [1.807, 2.05) is 18.3 Å². The molecule has 0 aromatic carbocycles. The summed E-state index contributed by atoms with van der Waals surface area (Å²) in [5.74, 6) is 2.30. The molecule has 3 atom stereocenters. The van der Waals surface area contributed by atoms with E-state index in [1.165, 1.54) is 4.88 Å². The molecule has 98 valence electrons. The fourth-order valence-electron chi connectivity index (χ4n) is 2.05. The molecule has 1 aliphatic heterocycles. The van der Waals surface area contributed by atoms with E-state index in [4.69, 9.17) is 5.73 Å². The van der Waals surface area contributed by atoms with Crippen LogP contribution < -0.4 is 11.1 Å². The van der Waals surface area contributed by atoms with Gasteiger partial charge in [-0.15, -0.1) is 11.3 Å². The number of nitrogens with two attached hydrogens (primary N) is 1.